The van der Waals surface area contributed by atoms with Gasteiger partial charge in [-0.2, -0.15) is 0 Å². The minimum atomic E-state index is -1.07. The highest BCUT2D eigenvalue weighted by Gasteiger charge is 2.14. The predicted octanol–water partition coefficient (Wildman–Crippen LogP) is 3.52. The molecule has 0 aliphatic rings. The number of hydrogen-bond donors (Lipinski definition) is 1. The van der Waals surface area contributed by atoms with E-state index >= 15 is 0 Å². The molecule has 3 rings (SSSR count). The molecule has 3 aromatic rings. The van der Waals surface area contributed by atoms with E-state index in [1.807, 2.05) is 0 Å². The van der Waals surface area contributed by atoms with Crippen LogP contribution in [0.4, 0.5) is 5.69 Å². The molecule has 1 heterocycles. The Hall–Kier alpha value is -3.48. The van der Waals surface area contributed by atoms with E-state index in [1.54, 1.807) is 18.2 Å². The van der Waals surface area contributed by atoms with Crippen LogP contribution in [0.25, 0.3) is 22.2 Å². The molecular weight excluding hydrogens is 312 g/mol. The van der Waals surface area contributed by atoms with Crippen LogP contribution in [0, 0.1) is 10.1 Å². The van der Waals surface area contributed by atoms with Crippen molar-refractivity contribution in [3.05, 3.63) is 64.2 Å². The Morgan fingerprint density at radius 3 is 2.46 bits per heavy atom. The molecule has 0 spiro atoms. The summed E-state index contributed by atoms with van der Waals surface area (Å²) in [6.45, 7) is 0. The quantitative estimate of drug-likeness (QED) is 0.582. The highest BCUT2D eigenvalue weighted by Crippen LogP contribution is 2.28. The number of fused-ring (bicyclic) bond motifs is 1. The monoisotopic (exact) mass is 324 g/mol. The second-order valence-corrected chi connectivity index (χ2v) is 5.05. The Morgan fingerprint density at radius 2 is 1.88 bits per heavy atom. The van der Waals surface area contributed by atoms with E-state index in [4.69, 9.17) is 4.74 Å². The number of pyridine rings is 1. The van der Waals surface area contributed by atoms with E-state index in [9.17, 15) is 20.0 Å². The van der Waals surface area contributed by atoms with Crippen molar-refractivity contribution in [2.24, 2.45) is 0 Å². The number of nitrogens with zero attached hydrogens (tertiary/aromatic N) is 2. The molecule has 1 aromatic heterocycles. The Kier molecular flexibility index (Phi) is 3.83. The molecule has 0 fully saturated rings. The second kappa shape index (κ2) is 5.96. The third-order valence-corrected chi connectivity index (χ3v) is 3.62. The number of aromatic carboxylic acids is 1. The van der Waals surface area contributed by atoms with Crippen molar-refractivity contribution in [2.75, 3.05) is 7.11 Å². The van der Waals surface area contributed by atoms with Crippen LogP contribution in [0.3, 0.4) is 0 Å². The first-order chi connectivity index (χ1) is 11.5. The fraction of sp³-hybridized carbons (Fsp3) is 0.0588. The fourth-order valence-electron chi connectivity index (χ4n) is 2.41. The summed E-state index contributed by atoms with van der Waals surface area (Å²) < 4.78 is 5.15. The normalized spacial score (nSPS) is 10.5. The van der Waals surface area contributed by atoms with Crippen LogP contribution in [0.5, 0.6) is 5.75 Å². The van der Waals surface area contributed by atoms with Gasteiger partial charge in [-0.1, -0.05) is 0 Å². The molecule has 0 unspecified atom stereocenters. The van der Waals surface area contributed by atoms with Crippen molar-refractivity contribution in [3.63, 3.8) is 0 Å². The third kappa shape index (κ3) is 2.74. The molecule has 0 bridgehead atoms. The number of benzene rings is 2. The number of carbonyl (C=O) groups is 1. The van der Waals surface area contributed by atoms with E-state index in [-0.39, 0.29) is 11.3 Å². The summed E-state index contributed by atoms with van der Waals surface area (Å²) in [5.41, 5.74) is 1.55. The first kappa shape index (κ1) is 15.4. The maximum absolute atomic E-state index is 11.5. The molecule has 0 radical (unpaired) electrons. The van der Waals surface area contributed by atoms with Gasteiger partial charge < -0.3 is 9.84 Å². The predicted molar refractivity (Wildman–Crippen MR) is 87.3 cm³/mol. The lowest BCUT2D eigenvalue weighted by Gasteiger charge is -2.08. The molecule has 120 valence electrons. The van der Waals surface area contributed by atoms with Gasteiger partial charge in [-0.05, 0) is 30.3 Å². The Bertz CT molecular complexity index is 951. The number of methoxy groups -OCH3 is 1. The number of rotatable bonds is 4. The van der Waals surface area contributed by atoms with E-state index in [2.05, 4.69) is 4.98 Å². The van der Waals surface area contributed by atoms with Crippen molar-refractivity contribution in [2.45, 2.75) is 0 Å². The fourth-order valence-corrected chi connectivity index (χ4v) is 2.41. The van der Waals surface area contributed by atoms with Crippen LogP contribution in [-0.4, -0.2) is 28.1 Å². The summed E-state index contributed by atoms with van der Waals surface area (Å²) in [5.74, 6) is -0.511. The summed E-state index contributed by atoms with van der Waals surface area (Å²) in [7, 11) is 1.51. The van der Waals surface area contributed by atoms with Gasteiger partial charge in [0.05, 0.1) is 28.8 Å². The zero-order chi connectivity index (χ0) is 17.3. The second-order valence-electron chi connectivity index (χ2n) is 5.05. The minimum absolute atomic E-state index is 0.0420. The Balaban J connectivity index is 2.20. The van der Waals surface area contributed by atoms with Crippen molar-refractivity contribution >= 4 is 22.6 Å². The van der Waals surface area contributed by atoms with Crippen molar-refractivity contribution in [3.8, 4) is 17.0 Å². The number of non-ortho nitro benzene ring substituents is 1. The van der Waals surface area contributed by atoms with Crippen molar-refractivity contribution < 1.29 is 19.6 Å². The molecule has 1 N–H and O–H groups in total. The first-order valence-corrected chi connectivity index (χ1v) is 6.96. The molecule has 0 amide bonds. The van der Waals surface area contributed by atoms with Gasteiger partial charge in [-0.3, -0.25) is 10.1 Å². The molecule has 24 heavy (non-hydrogen) atoms. The number of ether oxygens (including phenoxy) is 1. The number of nitro groups is 1. The van der Waals surface area contributed by atoms with Gasteiger partial charge >= 0.3 is 5.97 Å². The smallest absolute Gasteiger partial charge is 0.336 e. The lowest BCUT2D eigenvalue weighted by molar-refractivity contribution is -0.384. The van der Waals surface area contributed by atoms with Crippen molar-refractivity contribution in [1.82, 2.24) is 4.98 Å². The van der Waals surface area contributed by atoms with Gasteiger partial charge in [0, 0.05) is 29.1 Å². The number of nitro benzene ring substituents is 1. The summed E-state index contributed by atoms with van der Waals surface area (Å²) in [4.78, 5) is 26.2. The Morgan fingerprint density at radius 1 is 1.17 bits per heavy atom. The van der Waals surface area contributed by atoms with E-state index in [0.717, 1.165) is 0 Å². The number of carboxylic acids is 1. The minimum Gasteiger partial charge on any atom is -0.497 e. The zero-order valence-corrected chi connectivity index (χ0v) is 12.6. The number of carboxylic acid groups (broad SMARTS) is 1. The van der Waals surface area contributed by atoms with Gasteiger partial charge in [0.2, 0.25) is 0 Å². The molecule has 0 aliphatic carbocycles. The van der Waals surface area contributed by atoms with Gasteiger partial charge in [0.15, 0.2) is 0 Å². The average Bonchev–Trinajstić information content (AvgIpc) is 2.60. The summed E-state index contributed by atoms with van der Waals surface area (Å²) >= 11 is 0. The number of hydrogen-bond acceptors (Lipinski definition) is 5. The number of aromatic nitrogens is 1. The molecule has 0 saturated carbocycles. The van der Waals surface area contributed by atoms with Crippen LogP contribution in [0.15, 0.2) is 48.5 Å². The molecule has 0 atom stereocenters. The topological polar surface area (TPSA) is 103 Å². The molecular formula is C17H12N2O5. The van der Waals surface area contributed by atoms with Crippen LogP contribution < -0.4 is 4.74 Å². The summed E-state index contributed by atoms with van der Waals surface area (Å²) in [6, 6.07) is 12.2. The highest BCUT2D eigenvalue weighted by molar-refractivity contribution is 6.04. The van der Waals surface area contributed by atoms with Gasteiger partial charge in [-0.25, -0.2) is 9.78 Å². The lowest BCUT2D eigenvalue weighted by atomic mass is 10.0. The van der Waals surface area contributed by atoms with E-state index in [1.165, 1.54) is 37.4 Å². The maximum Gasteiger partial charge on any atom is 0.336 e. The van der Waals surface area contributed by atoms with Gasteiger partial charge in [0.25, 0.3) is 5.69 Å². The molecule has 7 heteroatoms. The molecule has 7 nitrogen and oxygen atoms in total. The zero-order valence-electron chi connectivity index (χ0n) is 12.6. The molecule has 0 aliphatic heterocycles. The Labute approximate surface area is 136 Å². The largest absolute Gasteiger partial charge is 0.497 e. The van der Waals surface area contributed by atoms with Gasteiger partial charge in [-0.15, -0.1) is 0 Å². The highest BCUT2D eigenvalue weighted by atomic mass is 16.6. The van der Waals surface area contributed by atoms with Crippen LogP contribution >= 0.6 is 0 Å². The van der Waals surface area contributed by atoms with Crippen LogP contribution in [0.1, 0.15) is 10.4 Å². The molecule has 2 aromatic carbocycles. The SMILES string of the molecule is COc1ccc2c(C(=O)O)cc(-c3ccc([N+](=O)[O-])cc3)nc2c1. The third-order valence-electron chi connectivity index (χ3n) is 3.62. The first-order valence-electron chi connectivity index (χ1n) is 6.96. The molecule has 0 saturated heterocycles. The lowest BCUT2D eigenvalue weighted by Crippen LogP contribution is -2.00. The van der Waals surface area contributed by atoms with Crippen LogP contribution in [-0.2, 0) is 0 Å². The standard InChI is InChI=1S/C17H12N2O5/c1-24-12-6-7-13-14(17(20)21)9-15(18-16(13)8-12)10-2-4-11(5-3-10)19(22)23/h2-9H,1H3,(H,20,21). The van der Waals surface area contributed by atoms with Gasteiger partial charge in [0.1, 0.15) is 5.75 Å². The average molecular weight is 324 g/mol. The van der Waals surface area contributed by atoms with E-state index < -0.39 is 10.9 Å². The van der Waals surface area contributed by atoms with E-state index in [0.29, 0.717) is 27.9 Å². The summed E-state index contributed by atoms with van der Waals surface area (Å²) in [6.07, 6.45) is 0. The van der Waals surface area contributed by atoms with Crippen molar-refractivity contribution in [1.29, 1.82) is 0 Å². The van der Waals surface area contributed by atoms with Crippen LogP contribution in [0.2, 0.25) is 0 Å². The maximum atomic E-state index is 11.5. The summed E-state index contributed by atoms with van der Waals surface area (Å²) in [5, 5.41) is 20.7.